The van der Waals surface area contributed by atoms with Gasteiger partial charge < -0.3 is 14.8 Å². The second kappa shape index (κ2) is 9.96. The summed E-state index contributed by atoms with van der Waals surface area (Å²) < 4.78 is 12.7. The second-order valence-electron chi connectivity index (χ2n) is 7.02. The van der Waals surface area contributed by atoms with Crippen LogP contribution in [0.1, 0.15) is 45.4 Å². The van der Waals surface area contributed by atoms with E-state index >= 15 is 0 Å². The molecule has 154 valence electrons. The van der Waals surface area contributed by atoms with Gasteiger partial charge >= 0.3 is 0 Å². The third-order valence-corrected chi connectivity index (χ3v) is 4.95. The molecule has 0 saturated carbocycles. The number of methoxy groups -OCH3 is 2. The Bertz CT molecular complexity index is 965. The lowest BCUT2D eigenvalue weighted by Gasteiger charge is -2.11. The topological polar surface area (TPSA) is 64.9 Å². The van der Waals surface area contributed by atoms with E-state index in [-0.39, 0.29) is 5.91 Å². The number of carbonyl (C=O) groups excluding carboxylic acids is 1. The summed E-state index contributed by atoms with van der Waals surface area (Å²) in [4.78, 5) is 17.3. The summed E-state index contributed by atoms with van der Waals surface area (Å²) in [6.45, 7) is 2.19. The number of hydrogen-bond acceptors (Lipinski definition) is 4. The number of nitrogens with zero attached hydrogens (tertiary/aromatic N) is 2. The highest BCUT2D eigenvalue weighted by Crippen LogP contribution is 2.35. The standard InChI is InChI=1S/C23H29N3O3/c1-4-5-6-7-8-12-21(27)25-23-22(24-20-11-9-10-15-26(20)23)17-13-14-18(28-2)19(16-17)29-3/h9-11,13-16H,4-8,12H2,1-3H3,(H,25,27). The summed E-state index contributed by atoms with van der Waals surface area (Å²) in [5.41, 5.74) is 2.33. The van der Waals surface area contributed by atoms with E-state index in [0.29, 0.717) is 29.4 Å². The number of ether oxygens (including phenoxy) is 2. The number of nitrogens with one attached hydrogen (secondary N) is 1. The molecule has 0 bridgehead atoms. The van der Waals surface area contributed by atoms with E-state index in [1.54, 1.807) is 14.2 Å². The molecule has 0 spiro atoms. The van der Waals surface area contributed by atoms with Crippen molar-refractivity contribution in [3.05, 3.63) is 42.6 Å². The summed E-state index contributed by atoms with van der Waals surface area (Å²) >= 11 is 0. The maximum atomic E-state index is 12.6. The quantitative estimate of drug-likeness (QED) is 0.472. The average molecular weight is 396 g/mol. The number of pyridine rings is 1. The molecular formula is C23H29N3O3. The minimum atomic E-state index is 0.00822. The van der Waals surface area contributed by atoms with Crippen molar-refractivity contribution in [1.82, 2.24) is 9.38 Å². The molecule has 0 atom stereocenters. The minimum Gasteiger partial charge on any atom is -0.493 e. The summed E-state index contributed by atoms with van der Waals surface area (Å²) in [7, 11) is 3.21. The number of fused-ring (bicyclic) bond motifs is 1. The van der Waals surface area contributed by atoms with Gasteiger partial charge in [0.05, 0.1) is 14.2 Å². The van der Waals surface area contributed by atoms with Crippen LogP contribution < -0.4 is 14.8 Å². The van der Waals surface area contributed by atoms with Gasteiger partial charge in [-0.05, 0) is 36.8 Å². The fourth-order valence-corrected chi connectivity index (χ4v) is 3.38. The zero-order chi connectivity index (χ0) is 20.6. The highest BCUT2D eigenvalue weighted by atomic mass is 16.5. The molecule has 2 aromatic heterocycles. The molecule has 0 aliphatic carbocycles. The lowest BCUT2D eigenvalue weighted by atomic mass is 10.1. The van der Waals surface area contributed by atoms with Crippen molar-refractivity contribution in [2.75, 3.05) is 19.5 Å². The lowest BCUT2D eigenvalue weighted by molar-refractivity contribution is -0.116. The number of rotatable bonds is 10. The first-order chi connectivity index (χ1) is 14.2. The molecule has 3 aromatic rings. The van der Waals surface area contributed by atoms with Gasteiger partial charge in [-0.1, -0.05) is 38.7 Å². The fraction of sp³-hybridized carbons (Fsp3) is 0.391. The van der Waals surface area contributed by atoms with Crippen molar-refractivity contribution in [1.29, 1.82) is 0 Å². The Morgan fingerprint density at radius 3 is 2.59 bits per heavy atom. The van der Waals surface area contributed by atoms with Crippen LogP contribution in [0.2, 0.25) is 0 Å². The van der Waals surface area contributed by atoms with Gasteiger partial charge in [0.15, 0.2) is 11.5 Å². The molecule has 3 rings (SSSR count). The SMILES string of the molecule is CCCCCCCC(=O)Nc1c(-c2ccc(OC)c(OC)c2)nc2ccccn12. The molecule has 0 saturated heterocycles. The molecule has 6 nitrogen and oxygen atoms in total. The predicted octanol–water partition coefficient (Wildman–Crippen LogP) is 5.32. The van der Waals surface area contributed by atoms with Gasteiger partial charge in [0.1, 0.15) is 17.2 Å². The van der Waals surface area contributed by atoms with Crippen LogP contribution in [-0.2, 0) is 4.79 Å². The Balaban J connectivity index is 1.88. The largest absolute Gasteiger partial charge is 0.493 e. The highest BCUT2D eigenvalue weighted by Gasteiger charge is 2.18. The number of hydrogen-bond donors (Lipinski definition) is 1. The number of anilines is 1. The van der Waals surface area contributed by atoms with Crippen LogP contribution >= 0.6 is 0 Å². The molecule has 2 heterocycles. The van der Waals surface area contributed by atoms with E-state index in [2.05, 4.69) is 12.2 Å². The first kappa shape index (κ1) is 20.7. The number of benzene rings is 1. The van der Waals surface area contributed by atoms with Crippen LogP contribution in [0.4, 0.5) is 5.82 Å². The fourth-order valence-electron chi connectivity index (χ4n) is 3.38. The van der Waals surface area contributed by atoms with Crippen LogP contribution in [0.3, 0.4) is 0 Å². The number of unbranched alkanes of at least 4 members (excludes halogenated alkanes) is 4. The van der Waals surface area contributed by atoms with Crippen molar-refractivity contribution in [2.24, 2.45) is 0 Å². The van der Waals surface area contributed by atoms with Crippen molar-refractivity contribution in [3.63, 3.8) is 0 Å². The van der Waals surface area contributed by atoms with E-state index in [1.165, 1.54) is 19.3 Å². The highest BCUT2D eigenvalue weighted by molar-refractivity contribution is 5.94. The summed E-state index contributed by atoms with van der Waals surface area (Å²) in [6.07, 6.45) is 7.99. The average Bonchev–Trinajstić information content (AvgIpc) is 3.11. The molecule has 0 radical (unpaired) electrons. The van der Waals surface area contributed by atoms with Gasteiger partial charge in [-0.15, -0.1) is 0 Å². The lowest BCUT2D eigenvalue weighted by Crippen LogP contribution is -2.13. The Hall–Kier alpha value is -3.02. The normalized spacial score (nSPS) is 10.9. The van der Waals surface area contributed by atoms with E-state index in [4.69, 9.17) is 14.5 Å². The first-order valence-corrected chi connectivity index (χ1v) is 10.2. The molecule has 6 heteroatoms. The molecule has 0 aliphatic heterocycles. The summed E-state index contributed by atoms with van der Waals surface area (Å²) in [6, 6.07) is 11.4. The Morgan fingerprint density at radius 2 is 1.83 bits per heavy atom. The van der Waals surface area contributed by atoms with Crippen LogP contribution in [0.25, 0.3) is 16.9 Å². The Labute approximate surface area is 171 Å². The number of aromatic nitrogens is 2. The van der Waals surface area contributed by atoms with Crippen molar-refractivity contribution < 1.29 is 14.3 Å². The Kier molecular flexibility index (Phi) is 7.11. The van der Waals surface area contributed by atoms with Gasteiger partial charge in [-0.25, -0.2) is 4.98 Å². The third-order valence-electron chi connectivity index (χ3n) is 4.95. The maximum Gasteiger partial charge on any atom is 0.225 e. The third kappa shape index (κ3) is 4.88. The first-order valence-electron chi connectivity index (χ1n) is 10.2. The zero-order valence-corrected chi connectivity index (χ0v) is 17.4. The molecule has 29 heavy (non-hydrogen) atoms. The predicted molar refractivity (Wildman–Crippen MR) is 116 cm³/mol. The monoisotopic (exact) mass is 395 g/mol. The minimum absolute atomic E-state index is 0.00822. The van der Waals surface area contributed by atoms with Crippen LogP contribution in [0, 0.1) is 0 Å². The van der Waals surface area contributed by atoms with Gasteiger partial charge in [0.25, 0.3) is 0 Å². The van der Waals surface area contributed by atoms with Gasteiger partial charge in [-0.3, -0.25) is 9.20 Å². The molecular weight excluding hydrogens is 366 g/mol. The van der Waals surface area contributed by atoms with Crippen molar-refractivity contribution in [2.45, 2.75) is 45.4 Å². The van der Waals surface area contributed by atoms with E-state index in [0.717, 1.165) is 24.1 Å². The van der Waals surface area contributed by atoms with E-state index in [9.17, 15) is 4.79 Å². The molecule has 1 N–H and O–H groups in total. The van der Waals surface area contributed by atoms with Gasteiger partial charge in [0, 0.05) is 18.2 Å². The number of imidazole rings is 1. The molecule has 0 fully saturated rings. The van der Waals surface area contributed by atoms with Crippen LogP contribution in [0.5, 0.6) is 11.5 Å². The maximum absolute atomic E-state index is 12.6. The smallest absolute Gasteiger partial charge is 0.225 e. The van der Waals surface area contributed by atoms with Crippen molar-refractivity contribution >= 4 is 17.4 Å². The van der Waals surface area contributed by atoms with Gasteiger partial charge in [0.2, 0.25) is 5.91 Å². The van der Waals surface area contributed by atoms with Crippen LogP contribution in [-0.4, -0.2) is 29.5 Å². The van der Waals surface area contributed by atoms with Crippen LogP contribution in [0.15, 0.2) is 42.6 Å². The van der Waals surface area contributed by atoms with E-state index in [1.807, 2.05) is 47.0 Å². The van der Waals surface area contributed by atoms with E-state index < -0.39 is 0 Å². The summed E-state index contributed by atoms with van der Waals surface area (Å²) in [5.74, 6) is 1.95. The van der Waals surface area contributed by atoms with Gasteiger partial charge in [-0.2, -0.15) is 0 Å². The number of carbonyl (C=O) groups is 1. The molecule has 0 aliphatic rings. The molecule has 1 amide bonds. The summed E-state index contributed by atoms with van der Waals surface area (Å²) in [5, 5.41) is 3.08. The molecule has 0 unspecified atom stereocenters. The Morgan fingerprint density at radius 1 is 1.03 bits per heavy atom. The molecule has 1 aromatic carbocycles. The number of amides is 1. The second-order valence-corrected chi connectivity index (χ2v) is 7.02. The zero-order valence-electron chi connectivity index (χ0n) is 17.4. The van der Waals surface area contributed by atoms with Crippen molar-refractivity contribution in [3.8, 4) is 22.8 Å².